The first kappa shape index (κ1) is 14.3. The zero-order chi connectivity index (χ0) is 13.8. The standard InChI is InChI=1S/C13H19BrN4O/c1-17(6-7-18-4-2-3-5-18)13(19)11-8-10(14)9-16-12(11)15/h8-9H,2-7H2,1H3,(H2,15,16). The molecule has 0 saturated carbocycles. The minimum Gasteiger partial charge on any atom is -0.383 e. The Hall–Kier alpha value is -1.14. The van der Waals surface area contributed by atoms with Crippen molar-refractivity contribution in [1.29, 1.82) is 0 Å². The molecule has 1 aliphatic heterocycles. The summed E-state index contributed by atoms with van der Waals surface area (Å²) in [5.74, 6) is 0.201. The number of hydrogen-bond donors (Lipinski definition) is 1. The van der Waals surface area contributed by atoms with E-state index in [1.54, 1.807) is 24.2 Å². The Balaban J connectivity index is 1.95. The molecule has 0 aliphatic carbocycles. The number of amides is 1. The molecule has 1 fully saturated rings. The zero-order valence-electron chi connectivity index (χ0n) is 11.1. The van der Waals surface area contributed by atoms with Crippen LogP contribution in [0.1, 0.15) is 23.2 Å². The van der Waals surface area contributed by atoms with E-state index in [0.29, 0.717) is 12.1 Å². The van der Waals surface area contributed by atoms with Crippen LogP contribution in [-0.2, 0) is 0 Å². The van der Waals surface area contributed by atoms with Gasteiger partial charge in [0.2, 0.25) is 0 Å². The van der Waals surface area contributed by atoms with E-state index in [0.717, 1.165) is 24.1 Å². The van der Waals surface area contributed by atoms with Gasteiger partial charge in [-0.25, -0.2) is 4.98 Å². The van der Waals surface area contributed by atoms with Gasteiger partial charge < -0.3 is 15.5 Å². The molecule has 1 amide bonds. The van der Waals surface area contributed by atoms with Crippen molar-refractivity contribution in [3.63, 3.8) is 0 Å². The Bertz CT molecular complexity index is 460. The molecule has 5 nitrogen and oxygen atoms in total. The highest BCUT2D eigenvalue weighted by atomic mass is 79.9. The van der Waals surface area contributed by atoms with Gasteiger partial charge in [0.1, 0.15) is 5.82 Å². The van der Waals surface area contributed by atoms with Gasteiger partial charge in [-0.1, -0.05) is 0 Å². The fraction of sp³-hybridized carbons (Fsp3) is 0.538. The van der Waals surface area contributed by atoms with Crippen LogP contribution in [0.2, 0.25) is 0 Å². The van der Waals surface area contributed by atoms with Gasteiger partial charge in [-0.3, -0.25) is 4.79 Å². The van der Waals surface area contributed by atoms with E-state index >= 15 is 0 Å². The lowest BCUT2D eigenvalue weighted by atomic mass is 10.2. The monoisotopic (exact) mass is 326 g/mol. The fourth-order valence-corrected chi connectivity index (χ4v) is 2.56. The summed E-state index contributed by atoms with van der Waals surface area (Å²) in [7, 11) is 1.80. The van der Waals surface area contributed by atoms with Gasteiger partial charge in [0, 0.05) is 30.8 Å². The van der Waals surface area contributed by atoms with Gasteiger partial charge in [-0.05, 0) is 47.9 Å². The number of nitrogen functional groups attached to an aromatic ring is 1. The number of hydrogen-bond acceptors (Lipinski definition) is 4. The lowest BCUT2D eigenvalue weighted by Gasteiger charge is -2.22. The van der Waals surface area contributed by atoms with Crippen LogP contribution in [0.15, 0.2) is 16.7 Å². The Kier molecular flexibility index (Phi) is 4.76. The van der Waals surface area contributed by atoms with Gasteiger partial charge in [0.05, 0.1) is 5.56 Å². The summed E-state index contributed by atoms with van der Waals surface area (Å²) in [5, 5.41) is 0. The summed E-state index contributed by atoms with van der Waals surface area (Å²) in [6.07, 6.45) is 4.12. The largest absolute Gasteiger partial charge is 0.383 e. The van der Waals surface area contributed by atoms with E-state index in [4.69, 9.17) is 5.73 Å². The highest BCUT2D eigenvalue weighted by molar-refractivity contribution is 9.10. The number of rotatable bonds is 4. The summed E-state index contributed by atoms with van der Waals surface area (Å²) >= 11 is 3.31. The summed E-state index contributed by atoms with van der Waals surface area (Å²) in [6, 6.07) is 1.72. The van der Waals surface area contributed by atoms with Crippen LogP contribution in [0.25, 0.3) is 0 Å². The molecule has 1 aromatic heterocycles. The minimum absolute atomic E-state index is 0.0782. The van der Waals surface area contributed by atoms with Crippen LogP contribution in [0.4, 0.5) is 5.82 Å². The molecule has 0 atom stereocenters. The van der Waals surface area contributed by atoms with Crippen molar-refractivity contribution >= 4 is 27.7 Å². The van der Waals surface area contributed by atoms with E-state index in [-0.39, 0.29) is 11.7 Å². The highest BCUT2D eigenvalue weighted by Crippen LogP contribution is 2.17. The molecule has 1 saturated heterocycles. The number of nitrogens with two attached hydrogens (primary N) is 1. The SMILES string of the molecule is CN(CCN1CCCC1)C(=O)c1cc(Br)cnc1N. The van der Waals surface area contributed by atoms with Crippen molar-refractivity contribution in [2.75, 3.05) is 39.0 Å². The molecule has 19 heavy (non-hydrogen) atoms. The van der Waals surface area contributed by atoms with E-state index < -0.39 is 0 Å². The quantitative estimate of drug-likeness (QED) is 0.912. The van der Waals surface area contributed by atoms with Gasteiger partial charge in [0.15, 0.2) is 0 Å². The molecule has 0 unspecified atom stereocenters. The van der Waals surface area contributed by atoms with E-state index in [1.807, 2.05) is 0 Å². The first-order chi connectivity index (χ1) is 9.08. The number of likely N-dealkylation sites (N-methyl/N-ethyl adjacent to an activating group) is 1. The molecule has 2 rings (SSSR count). The van der Waals surface area contributed by atoms with Crippen molar-refractivity contribution in [3.8, 4) is 0 Å². The van der Waals surface area contributed by atoms with Crippen molar-refractivity contribution in [2.45, 2.75) is 12.8 Å². The number of aromatic nitrogens is 1. The van der Waals surface area contributed by atoms with Crippen LogP contribution in [0, 0.1) is 0 Å². The number of likely N-dealkylation sites (tertiary alicyclic amines) is 1. The summed E-state index contributed by atoms with van der Waals surface area (Å²) < 4.78 is 0.762. The van der Waals surface area contributed by atoms with Crippen LogP contribution in [0.3, 0.4) is 0 Å². The predicted octanol–water partition coefficient (Wildman–Crippen LogP) is 1.59. The molecule has 2 N–H and O–H groups in total. The molecule has 0 aromatic carbocycles. The first-order valence-corrected chi connectivity index (χ1v) is 7.26. The van der Waals surface area contributed by atoms with Crippen molar-refractivity contribution in [2.24, 2.45) is 0 Å². The number of anilines is 1. The number of carbonyl (C=O) groups is 1. The summed E-state index contributed by atoms with van der Waals surface area (Å²) in [4.78, 5) is 20.4. The lowest BCUT2D eigenvalue weighted by Crippen LogP contribution is -2.35. The third-order valence-electron chi connectivity index (χ3n) is 3.41. The summed E-state index contributed by atoms with van der Waals surface area (Å²) in [5.41, 5.74) is 6.21. The maximum Gasteiger partial charge on any atom is 0.257 e. The zero-order valence-corrected chi connectivity index (χ0v) is 12.7. The molecule has 0 radical (unpaired) electrons. The van der Waals surface area contributed by atoms with Crippen LogP contribution in [0.5, 0.6) is 0 Å². The van der Waals surface area contributed by atoms with Crippen LogP contribution in [-0.4, -0.2) is 53.9 Å². The maximum atomic E-state index is 12.3. The molecular formula is C13H19BrN4O. The number of pyridine rings is 1. The van der Waals surface area contributed by atoms with Crippen molar-refractivity contribution < 1.29 is 4.79 Å². The first-order valence-electron chi connectivity index (χ1n) is 6.47. The maximum absolute atomic E-state index is 12.3. The molecule has 104 valence electrons. The Morgan fingerprint density at radius 3 is 2.89 bits per heavy atom. The van der Waals surface area contributed by atoms with Crippen LogP contribution < -0.4 is 5.73 Å². The van der Waals surface area contributed by atoms with E-state index in [1.165, 1.54) is 12.8 Å². The second kappa shape index (κ2) is 6.34. The second-order valence-corrected chi connectivity index (χ2v) is 5.78. The van der Waals surface area contributed by atoms with Gasteiger partial charge in [-0.15, -0.1) is 0 Å². The fourth-order valence-electron chi connectivity index (χ4n) is 2.23. The normalized spacial score (nSPS) is 15.7. The third-order valence-corrected chi connectivity index (χ3v) is 3.85. The van der Waals surface area contributed by atoms with Crippen LogP contribution >= 0.6 is 15.9 Å². The Morgan fingerprint density at radius 1 is 1.53 bits per heavy atom. The van der Waals surface area contributed by atoms with Gasteiger partial charge in [0.25, 0.3) is 5.91 Å². The van der Waals surface area contributed by atoms with E-state index in [9.17, 15) is 4.79 Å². The molecular weight excluding hydrogens is 308 g/mol. The van der Waals surface area contributed by atoms with Gasteiger partial charge >= 0.3 is 0 Å². The molecule has 1 aromatic rings. The average molecular weight is 327 g/mol. The molecule has 0 bridgehead atoms. The lowest BCUT2D eigenvalue weighted by molar-refractivity contribution is 0.0783. The second-order valence-electron chi connectivity index (χ2n) is 4.86. The third kappa shape index (κ3) is 3.67. The minimum atomic E-state index is -0.0782. The number of nitrogens with zero attached hydrogens (tertiary/aromatic N) is 3. The molecule has 0 spiro atoms. The summed E-state index contributed by atoms with van der Waals surface area (Å²) in [6.45, 7) is 3.92. The van der Waals surface area contributed by atoms with E-state index in [2.05, 4.69) is 25.8 Å². The molecule has 1 aliphatic rings. The average Bonchev–Trinajstić information content (AvgIpc) is 2.91. The molecule has 2 heterocycles. The Labute approximate surface area is 121 Å². The molecule has 6 heteroatoms. The topological polar surface area (TPSA) is 62.5 Å². The predicted molar refractivity (Wildman–Crippen MR) is 79.0 cm³/mol. The number of carbonyl (C=O) groups excluding carboxylic acids is 1. The highest BCUT2D eigenvalue weighted by Gasteiger charge is 2.18. The smallest absolute Gasteiger partial charge is 0.257 e. The number of halogens is 1. The Morgan fingerprint density at radius 2 is 2.21 bits per heavy atom. The van der Waals surface area contributed by atoms with Crippen molar-refractivity contribution in [3.05, 3.63) is 22.3 Å². The van der Waals surface area contributed by atoms with Gasteiger partial charge in [-0.2, -0.15) is 0 Å². The van der Waals surface area contributed by atoms with Crippen molar-refractivity contribution in [1.82, 2.24) is 14.8 Å².